The zero-order chi connectivity index (χ0) is 13.1. The van der Waals surface area contributed by atoms with Crippen LogP contribution < -0.4 is 9.47 Å². The smallest absolute Gasteiger partial charge is 0.481 e. The maximum Gasteiger partial charge on any atom is 0.573 e. The molecule has 0 amide bonds. The Balaban J connectivity index is 3.19. The van der Waals surface area contributed by atoms with E-state index in [1.165, 1.54) is 7.11 Å². The predicted molar refractivity (Wildman–Crippen MR) is 53.0 cm³/mol. The zero-order valence-corrected chi connectivity index (χ0v) is 9.47. The number of hydrogen-bond acceptors (Lipinski definition) is 4. The third kappa shape index (κ3) is 3.64. The fraction of sp³-hybridized carbons (Fsp3) is 0.444. The van der Waals surface area contributed by atoms with Gasteiger partial charge in [-0.25, -0.2) is 4.98 Å². The minimum Gasteiger partial charge on any atom is -0.481 e. The number of methoxy groups -OCH3 is 1. The van der Waals surface area contributed by atoms with Crippen molar-refractivity contribution >= 4 is 11.6 Å². The Morgan fingerprint density at radius 3 is 2.53 bits per heavy atom. The molecule has 0 bridgehead atoms. The van der Waals surface area contributed by atoms with Crippen LogP contribution in [0, 0.1) is 0 Å². The molecule has 0 aliphatic rings. The van der Waals surface area contributed by atoms with Gasteiger partial charge in [0.2, 0.25) is 5.88 Å². The van der Waals surface area contributed by atoms with Gasteiger partial charge in [0.1, 0.15) is 5.69 Å². The quantitative estimate of drug-likeness (QED) is 0.853. The van der Waals surface area contributed by atoms with Crippen LogP contribution in [0.4, 0.5) is 13.2 Å². The Hall–Kier alpha value is -1.21. The van der Waals surface area contributed by atoms with Crippen molar-refractivity contribution in [3.8, 4) is 11.6 Å². The van der Waals surface area contributed by atoms with Gasteiger partial charge in [0, 0.05) is 5.56 Å². The lowest BCUT2D eigenvalue weighted by Gasteiger charge is -2.14. The number of aliphatic hydroxyl groups excluding tert-OH is 1. The van der Waals surface area contributed by atoms with Crippen molar-refractivity contribution in [3.05, 3.63) is 17.3 Å². The van der Waals surface area contributed by atoms with Gasteiger partial charge in [0.25, 0.3) is 0 Å². The first kappa shape index (κ1) is 13.9. The van der Waals surface area contributed by atoms with Gasteiger partial charge in [0.05, 0.1) is 19.6 Å². The van der Waals surface area contributed by atoms with Crippen molar-refractivity contribution in [2.45, 2.75) is 18.8 Å². The number of alkyl halides is 4. The topological polar surface area (TPSA) is 51.6 Å². The SMILES string of the molecule is COc1nc(CO)c(OC(F)(F)F)cc1CCl. The molecule has 1 aromatic rings. The largest absolute Gasteiger partial charge is 0.573 e. The number of rotatable bonds is 4. The summed E-state index contributed by atoms with van der Waals surface area (Å²) < 4.78 is 44.8. The maximum absolute atomic E-state index is 12.1. The third-order valence-corrected chi connectivity index (χ3v) is 2.10. The molecule has 0 aromatic carbocycles. The van der Waals surface area contributed by atoms with Crippen molar-refractivity contribution in [2.24, 2.45) is 0 Å². The number of ether oxygens (including phenoxy) is 2. The van der Waals surface area contributed by atoms with E-state index in [0.29, 0.717) is 0 Å². The van der Waals surface area contributed by atoms with Gasteiger partial charge in [0.15, 0.2) is 5.75 Å². The van der Waals surface area contributed by atoms with Crippen molar-refractivity contribution in [1.29, 1.82) is 0 Å². The first-order valence-electron chi connectivity index (χ1n) is 4.40. The number of aliphatic hydroxyl groups is 1. The lowest BCUT2D eigenvalue weighted by molar-refractivity contribution is -0.275. The molecule has 0 spiro atoms. The molecule has 0 aliphatic heterocycles. The zero-order valence-electron chi connectivity index (χ0n) is 8.71. The molecule has 0 radical (unpaired) electrons. The van der Waals surface area contributed by atoms with Gasteiger partial charge < -0.3 is 14.6 Å². The Labute approximate surface area is 99.9 Å². The molecule has 1 rings (SSSR count). The van der Waals surface area contributed by atoms with E-state index in [4.69, 9.17) is 21.4 Å². The van der Waals surface area contributed by atoms with Gasteiger partial charge in [-0.2, -0.15) is 0 Å². The highest BCUT2D eigenvalue weighted by Crippen LogP contribution is 2.30. The summed E-state index contributed by atoms with van der Waals surface area (Å²) >= 11 is 5.53. The molecule has 0 saturated heterocycles. The van der Waals surface area contributed by atoms with Crippen molar-refractivity contribution < 1.29 is 27.8 Å². The predicted octanol–water partition coefficient (Wildman–Crippen LogP) is 2.22. The average Bonchev–Trinajstić information content (AvgIpc) is 2.26. The fourth-order valence-corrected chi connectivity index (χ4v) is 1.34. The van der Waals surface area contributed by atoms with Gasteiger partial charge in [-0.05, 0) is 6.07 Å². The summed E-state index contributed by atoms with van der Waals surface area (Å²) in [5.74, 6) is -0.620. The van der Waals surface area contributed by atoms with Crippen LogP contribution in [0.3, 0.4) is 0 Å². The van der Waals surface area contributed by atoms with Gasteiger partial charge >= 0.3 is 6.36 Å². The molecule has 17 heavy (non-hydrogen) atoms. The fourth-order valence-electron chi connectivity index (χ4n) is 1.15. The molecule has 8 heteroatoms. The highest BCUT2D eigenvalue weighted by molar-refractivity contribution is 6.17. The minimum absolute atomic E-state index is 0.0542. The first-order chi connectivity index (χ1) is 7.91. The van der Waals surface area contributed by atoms with Crippen LogP contribution in [0.25, 0.3) is 0 Å². The van der Waals surface area contributed by atoms with E-state index in [2.05, 4.69) is 9.72 Å². The van der Waals surface area contributed by atoms with E-state index >= 15 is 0 Å². The minimum atomic E-state index is -4.86. The van der Waals surface area contributed by atoms with E-state index in [1.54, 1.807) is 0 Å². The van der Waals surface area contributed by atoms with Crippen LogP contribution in [0.5, 0.6) is 11.6 Å². The molecule has 0 unspecified atom stereocenters. The number of aromatic nitrogens is 1. The number of hydrogen-bond donors (Lipinski definition) is 1. The lowest BCUT2D eigenvalue weighted by Crippen LogP contribution is -2.19. The normalized spacial score (nSPS) is 11.4. The Kier molecular flexibility index (Phi) is 4.41. The van der Waals surface area contributed by atoms with Gasteiger partial charge in [-0.15, -0.1) is 24.8 Å². The molecule has 4 nitrogen and oxygen atoms in total. The molecule has 1 N–H and O–H groups in total. The second kappa shape index (κ2) is 5.42. The van der Waals surface area contributed by atoms with Crippen molar-refractivity contribution in [1.82, 2.24) is 4.98 Å². The molecular formula is C9H9ClF3NO3. The van der Waals surface area contributed by atoms with Crippen LogP contribution in [0.1, 0.15) is 11.3 Å². The number of nitrogens with zero attached hydrogens (tertiary/aromatic N) is 1. The summed E-state index contributed by atoms with van der Waals surface area (Å²) in [6.45, 7) is -0.704. The molecule has 0 fully saturated rings. The summed E-state index contributed by atoms with van der Waals surface area (Å²) in [6, 6.07) is 1.04. The van der Waals surface area contributed by atoms with E-state index in [1.807, 2.05) is 0 Å². The standard InChI is InChI=1S/C9H9ClF3NO3/c1-16-8-5(3-10)2-7(6(4-15)14-8)17-9(11,12)13/h2,15H,3-4H2,1H3. The van der Waals surface area contributed by atoms with Crippen LogP contribution in [-0.2, 0) is 12.5 Å². The second-order valence-electron chi connectivity index (χ2n) is 2.94. The summed E-state index contributed by atoms with van der Waals surface area (Å²) in [5, 5.41) is 8.90. The second-order valence-corrected chi connectivity index (χ2v) is 3.21. The van der Waals surface area contributed by atoms with Crippen LogP contribution in [0.2, 0.25) is 0 Å². The first-order valence-corrected chi connectivity index (χ1v) is 4.94. The highest BCUT2D eigenvalue weighted by Gasteiger charge is 2.32. The van der Waals surface area contributed by atoms with E-state index in [0.717, 1.165) is 6.07 Å². The van der Waals surface area contributed by atoms with Crippen molar-refractivity contribution in [2.75, 3.05) is 7.11 Å². The van der Waals surface area contributed by atoms with Crippen molar-refractivity contribution in [3.63, 3.8) is 0 Å². The van der Waals surface area contributed by atoms with E-state index in [-0.39, 0.29) is 23.0 Å². The summed E-state index contributed by atoms with van der Waals surface area (Å²) in [7, 11) is 1.30. The Morgan fingerprint density at radius 1 is 1.47 bits per heavy atom. The summed E-state index contributed by atoms with van der Waals surface area (Å²) in [6.07, 6.45) is -4.86. The average molecular weight is 272 g/mol. The van der Waals surface area contributed by atoms with Crippen LogP contribution in [-0.4, -0.2) is 23.6 Å². The molecule has 0 saturated carbocycles. The summed E-state index contributed by atoms with van der Waals surface area (Å²) in [5.41, 5.74) is -0.0290. The highest BCUT2D eigenvalue weighted by atomic mass is 35.5. The monoisotopic (exact) mass is 271 g/mol. The number of pyridine rings is 1. The molecule has 1 heterocycles. The van der Waals surface area contributed by atoms with Crippen LogP contribution >= 0.6 is 11.6 Å². The van der Waals surface area contributed by atoms with Gasteiger partial charge in [-0.3, -0.25) is 0 Å². The molecule has 0 atom stereocenters. The molecular weight excluding hydrogens is 263 g/mol. The third-order valence-electron chi connectivity index (χ3n) is 1.81. The van der Waals surface area contributed by atoms with E-state index in [9.17, 15) is 13.2 Å². The Bertz CT molecular complexity index is 398. The van der Waals surface area contributed by atoms with Crippen LogP contribution in [0.15, 0.2) is 6.07 Å². The maximum atomic E-state index is 12.1. The Morgan fingerprint density at radius 2 is 2.12 bits per heavy atom. The molecule has 1 aromatic heterocycles. The number of halogens is 4. The van der Waals surface area contributed by atoms with Gasteiger partial charge in [-0.1, -0.05) is 0 Å². The molecule has 96 valence electrons. The summed E-state index contributed by atoms with van der Waals surface area (Å²) in [4.78, 5) is 3.68. The lowest BCUT2D eigenvalue weighted by atomic mass is 10.2. The molecule has 0 aliphatic carbocycles. The van der Waals surface area contributed by atoms with E-state index < -0.39 is 18.7 Å².